The fourth-order valence-electron chi connectivity index (χ4n) is 4.97. The number of ether oxygens (including phenoxy) is 2. The normalized spacial score (nSPS) is 17.1. The standard InChI is InChI=1S/C29H29N3O4/c1-29(28(34)30-17-21-11-5-8-14-25(21)35-2)19-31-23-13-7-4-10-20(23)16-24(31)27(33)32(29)18-22-12-6-9-15-26(22)36-3/h4-16H,17-19H2,1-3H3,(H,30,34). The maximum atomic E-state index is 13.9. The van der Waals surface area contributed by atoms with E-state index in [0.29, 0.717) is 23.7 Å². The highest BCUT2D eigenvalue weighted by atomic mass is 16.5. The Kier molecular flexibility index (Phi) is 6.14. The zero-order valence-electron chi connectivity index (χ0n) is 20.7. The van der Waals surface area contributed by atoms with Crippen molar-refractivity contribution in [3.8, 4) is 11.5 Å². The molecule has 7 heteroatoms. The Bertz CT molecular complexity index is 1440. The number of methoxy groups -OCH3 is 2. The zero-order chi connectivity index (χ0) is 25.3. The van der Waals surface area contributed by atoms with E-state index in [1.807, 2.05) is 90.4 Å². The van der Waals surface area contributed by atoms with Crippen molar-refractivity contribution in [1.82, 2.24) is 14.8 Å². The quantitative estimate of drug-likeness (QED) is 0.423. The van der Waals surface area contributed by atoms with Gasteiger partial charge in [0.25, 0.3) is 5.91 Å². The molecule has 5 rings (SSSR count). The number of benzene rings is 3. The molecule has 0 spiro atoms. The molecule has 1 aliphatic rings. The number of amides is 2. The number of fused-ring (bicyclic) bond motifs is 3. The second-order valence-corrected chi connectivity index (χ2v) is 9.15. The molecule has 2 heterocycles. The topological polar surface area (TPSA) is 72.8 Å². The molecule has 1 unspecified atom stereocenters. The van der Waals surface area contributed by atoms with Crippen molar-refractivity contribution in [3.05, 3.63) is 95.7 Å². The summed E-state index contributed by atoms with van der Waals surface area (Å²) in [4.78, 5) is 29.5. The summed E-state index contributed by atoms with van der Waals surface area (Å²) >= 11 is 0. The Labute approximate surface area is 210 Å². The molecular weight excluding hydrogens is 454 g/mol. The van der Waals surface area contributed by atoms with E-state index in [-0.39, 0.29) is 24.9 Å². The lowest BCUT2D eigenvalue weighted by Gasteiger charge is -2.44. The van der Waals surface area contributed by atoms with Gasteiger partial charge in [-0.3, -0.25) is 9.59 Å². The lowest BCUT2D eigenvalue weighted by molar-refractivity contribution is -0.133. The summed E-state index contributed by atoms with van der Waals surface area (Å²) in [7, 11) is 3.21. The monoisotopic (exact) mass is 483 g/mol. The van der Waals surface area contributed by atoms with Crippen LogP contribution in [0.5, 0.6) is 11.5 Å². The summed E-state index contributed by atoms with van der Waals surface area (Å²) in [5.74, 6) is 0.943. The van der Waals surface area contributed by atoms with E-state index < -0.39 is 5.54 Å². The van der Waals surface area contributed by atoms with Crippen LogP contribution < -0.4 is 14.8 Å². The molecule has 3 aromatic carbocycles. The Hall–Kier alpha value is -4.26. The second kappa shape index (κ2) is 9.41. The van der Waals surface area contributed by atoms with Crippen molar-refractivity contribution in [2.75, 3.05) is 14.2 Å². The Morgan fingerprint density at radius 3 is 2.25 bits per heavy atom. The van der Waals surface area contributed by atoms with Crippen LogP contribution in [0.25, 0.3) is 10.9 Å². The largest absolute Gasteiger partial charge is 0.496 e. The number of nitrogens with zero attached hydrogens (tertiary/aromatic N) is 2. The third-order valence-corrected chi connectivity index (χ3v) is 6.98. The molecule has 4 aromatic rings. The van der Waals surface area contributed by atoms with Gasteiger partial charge in [0.15, 0.2) is 0 Å². The van der Waals surface area contributed by atoms with Crippen LogP contribution >= 0.6 is 0 Å². The van der Waals surface area contributed by atoms with Gasteiger partial charge in [0.05, 0.1) is 27.3 Å². The predicted octanol–water partition coefficient (Wildman–Crippen LogP) is 4.39. The maximum absolute atomic E-state index is 13.9. The van der Waals surface area contributed by atoms with Crippen molar-refractivity contribution in [2.45, 2.75) is 32.1 Å². The molecule has 0 fully saturated rings. The molecule has 184 valence electrons. The van der Waals surface area contributed by atoms with Gasteiger partial charge < -0.3 is 24.3 Å². The number of aromatic nitrogens is 1. The van der Waals surface area contributed by atoms with Crippen LogP contribution in [0, 0.1) is 0 Å². The van der Waals surface area contributed by atoms with Crippen LogP contribution in [0.4, 0.5) is 0 Å². The van der Waals surface area contributed by atoms with E-state index in [1.165, 1.54) is 0 Å². The summed E-state index contributed by atoms with van der Waals surface area (Å²) in [6.45, 7) is 2.68. The molecular formula is C29H29N3O4. The van der Waals surface area contributed by atoms with Gasteiger partial charge in [0.1, 0.15) is 22.7 Å². The molecule has 1 atom stereocenters. The molecule has 1 N–H and O–H groups in total. The van der Waals surface area contributed by atoms with Crippen molar-refractivity contribution < 1.29 is 19.1 Å². The molecule has 36 heavy (non-hydrogen) atoms. The molecule has 0 saturated carbocycles. The van der Waals surface area contributed by atoms with Crippen LogP contribution in [0.3, 0.4) is 0 Å². The third-order valence-electron chi connectivity index (χ3n) is 6.98. The van der Waals surface area contributed by atoms with Gasteiger partial charge in [-0.25, -0.2) is 0 Å². The summed E-state index contributed by atoms with van der Waals surface area (Å²) in [6, 6.07) is 24.9. The van der Waals surface area contributed by atoms with E-state index >= 15 is 0 Å². The van der Waals surface area contributed by atoms with Gasteiger partial charge in [0.2, 0.25) is 5.91 Å². The third kappa shape index (κ3) is 3.96. The van der Waals surface area contributed by atoms with E-state index in [2.05, 4.69) is 5.32 Å². The zero-order valence-corrected chi connectivity index (χ0v) is 20.7. The molecule has 1 aromatic heterocycles. The first-order chi connectivity index (χ1) is 17.5. The highest BCUT2D eigenvalue weighted by molar-refractivity contribution is 6.03. The molecule has 0 saturated heterocycles. The average molecular weight is 484 g/mol. The number of hydrogen-bond acceptors (Lipinski definition) is 4. The number of para-hydroxylation sites is 3. The van der Waals surface area contributed by atoms with Crippen molar-refractivity contribution in [1.29, 1.82) is 0 Å². The number of carbonyl (C=O) groups is 2. The summed E-state index contributed by atoms with van der Waals surface area (Å²) < 4.78 is 12.9. The first kappa shape index (κ1) is 23.5. The number of rotatable bonds is 7. The van der Waals surface area contributed by atoms with Gasteiger partial charge in [-0.15, -0.1) is 0 Å². The smallest absolute Gasteiger partial charge is 0.271 e. The highest BCUT2D eigenvalue weighted by Crippen LogP contribution is 2.35. The Morgan fingerprint density at radius 1 is 0.917 bits per heavy atom. The Balaban J connectivity index is 1.54. The summed E-state index contributed by atoms with van der Waals surface area (Å²) in [5, 5.41) is 4.03. The van der Waals surface area contributed by atoms with Gasteiger partial charge in [0, 0.05) is 28.6 Å². The molecule has 1 aliphatic heterocycles. The molecule has 2 amide bonds. The fraction of sp³-hybridized carbons (Fsp3) is 0.241. The van der Waals surface area contributed by atoms with Gasteiger partial charge >= 0.3 is 0 Å². The van der Waals surface area contributed by atoms with Crippen LogP contribution in [0.2, 0.25) is 0 Å². The second-order valence-electron chi connectivity index (χ2n) is 9.15. The van der Waals surface area contributed by atoms with Crippen molar-refractivity contribution >= 4 is 22.7 Å². The van der Waals surface area contributed by atoms with E-state index in [1.54, 1.807) is 19.1 Å². The number of nitrogens with one attached hydrogen (secondary N) is 1. The Morgan fingerprint density at radius 2 is 1.53 bits per heavy atom. The van der Waals surface area contributed by atoms with Crippen LogP contribution in [-0.2, 0) is 24.4 Å². The van der Waals surface area contributed by atoms with Gasteiger partial charge in [-0.2, -0.15) is 0 Å². The fourth-order valence-corrected chi connectivity index (χ4v) is 4.97. The predicted molar refractivity (Wildman–Crippen MR) is 138 cm³/mol. The van der Waals surface area contributed by atoms with Crippen LogP contribution in [-0.4, -0.2) is 41.0 Å². The molecule has 7 nitrogen and oxygen atoms in total. The summed E-state index contributed by atoms with van der Waals surface area (Å²) in [6.07, 6.45) is 0. The lowest BCUT2D eigenvalue weighted by Crippen LogP contribution is -2.63. The van der Waals surface area contributed by atoms with Crippen molar-refractivity contribution in [3.63, 3.8) is 0 Å². The number of carbonyl (C=O) groups excluding carboxylic acids is 2. The first-order valence-electron chi connectivity index (χ1n) is 11.9. The molecule has 0 bridgehead atoms. The van der Waals surface area contributed by atoms with Crippen LogP contribution in [0.15, 0.2) is 78.9 Å². The van der Waals surface area contributed by atoms with Gasteiger partial charge in [-0.1, -0.05) is 54.6 Å². The first-order valence-corrected chi connectivity index (χ1v) is 11.9. The highest BCUT2D eigenvalue weighted by Gasteiger charge is 2.47. The SMILES string of the molecule is COc1ccccc1CNC(=O)C1(C)Cn2c(cc3ccccc32)C(=O)N1Cc1ccccc1OC. The maximum Gasteiger partial charge on any atom is 0.271 e. The van der Waals surface area contributed by atoms with E-state index in [0.717, 1.165) is 22.0 Å². The van der Waals surface area contributed by atoms with Gasteiger partial charge in [-0.05, 0) is 31.2 Å². The van der Waals surface area contributed by atoms with E-state index in [9.17, 15) is 9.59 Å². The lowest BCUT2D eigenvalue weighted by atomic mass is 9.93. The van der Waals surface area contributed by atoms with Crippen molar-refractivity contribution in [2.24, 2.45) is 0 Å². The minimum atomic E-state index is -1.14. The molecule has 0 aliphatic carbocycles. The molecule has 0 radical (unpaired) electrons. The average Bonchev–Trinajstić information content (AvgIpc) is 3.28. The van der Waals surface area contributed by atoms with E-state index in [4.69, 9.17) is 9.47 Å². The number of hydrogen-bond donors (Lipinski definition) is 1. The van der Waals surface area contributed by atoms with Crippen LogP contribution in [0.1, 0.15) is 28.5 Å². The summed E-state index contributed by atoms with van der Waals surface area (Å²) in [5.41, 5.74) is 2.06. The minimum Gasteiger partial charge on any atom is -0.496 e. The minimum absolute atomic E-state index is 0.196.